The molecule has 2 N–H and O–H groups in total. The van der Waals surface area contributed by atoms with Crippen molar-refractivity contribution in [1.82, 2.24) is 34.9 Å². The first-order valence-corrected chi connectivity index (χ1v) is 23.9. The number of urea groups is 1. The molecule has 15 nitrogen and oxygen atoms in total. The smallest absolute Gasteiger partial charge is 0.329 e. The molecular weight excluding hydrogens is 878 g/mol. The average Bonchev–Trinajstić information content (AvgIpc) is 4.00. The highest BCUT2D eigenvalue weighted by atomic mass is 19.1. The number of aromatic nitrogens is 5. The van der Waals surface area contributed by atoms with Crippen LogP contribution in [0.5, 0.6) is 11.8 Å². The Morgan fingerprint density at radius 3 is 2.43 bits per heavy atom. The van der Waals surface area contributed by atoms with Crippen LogP contribution in [-0.4, -0.2) is 118 Å². The third kappa shape index (κ3) is 7.24. The van der Waals surface area contributed by atoms with Gasteiger partial charge in [0.25, 0.3) is 0 Å². The number of phenols is 1. The Kier molecular flexibility index (Phi) is 10.1. The number of anilines is 3. The van der Waals surface area contributed by atoms with Gasteiger partial charge in [-0.05, 0) is 105 Å². The number of carbonyl (C=O) groups is 2. The number of imide groups is 1. The van der Waals surface area contributed by atoms with Gasteiger partial charge in [0.15, 0.2) is 11.6 Å². The molecule has 8 heterocycles. The number of hydrogen-bond acceptors (Lipinski definition) is 12. The number of halogens is 3. The number of nitrogens with one attached hydrogen (secondary N) is 1. The number of aromatic hydroxyl groups is 1. The van der Waals surface area contributed by atoms with Gasteiger partial charge in [0.05, 0.1) is 35.4 Å². The van der Waals surface area contributed by atoms with Gasteiger partial charge in [-0.2, -0.15) is 15.1 Å². The minimum absolute atomic E-state index is 0.0403. The molecule has 5 aliphatic heterocycles. The second kappa shape index (κ2) is 15.9. The first-order chi connectivity index (χ1) is 32.8. The molecular formula is C50H53F3N10O5. The van der Waals surface area contributed by atoms with Crippen LogP contribution in [0.1, 0.15) is 63.9 Å². The minimum Gasteiger partial charge on any atom is -0.508 e. The van der Waals surface area contributed by atoms with E-state index in [0.717, 1.165) is 77.7 Å². The van der Waals surface area contributed by atoms with Crippen molar-refractivity contribution in [3.8, 4) is 23.0 Å². The van der Waals surface area contributed by atoms with E-state index < -0.39 is 17.7 Å². The third-order valence-electron chi connectivity index (χ3n) is 15.8. The van der Waals surface area contributed by atoms with Gasteiger partial charge in [0.2, 0.25) is 5.91 Å². The number of piperidine rings is 2. The number of pyridine rings is 1. The molecule has 5 saturated heterocycles. The van der Waals surface area contributed by atoms with E-state index in [1.807, 2.05) is 13.0 Å². The lowest BCUT2D eigenvalue weighted by Gasteiger charge is -2.55. The van der Waals surface area contributed by atoms with Gasteiger partial charge >= 0.3 is 12.0 Å². The highest BCUT2D eigenvalue weighted by Crippen LogP contribution is 2.50. The Morgan fingerprint density at radius 1 is 0.882 bits per heavy atom. The summed E-state index contributed by atoms with van der Waals surface area (Å²) in [6, 6.07) is 8.72. The van der Waals surface area contributed by atoms with Crippen molar-refractivity contribution < 1.29 is 37.3 Å². The number of amides is 3. The number of ether oxygens (including phenoxy) is 2. The van der Waals surface area contributed by atoms with Crippen molar-refractivity contribution in [3.05, 3.63) is 65.6 Å². The van der Waals surface area contributed by atoms with Gasteiger partial charge in [-0.1, -0.05) is 13.0 Å². The maximum absolute atomic E-state index is 17.2. The predicted molar refractivity (Wildman–Crippen MR) is 250 cm³/mol. The summed E-state index contributed by atoms with van der Waals surface area (Å²) in [5.41, 5.74) is 1.65. The van der Waals surface area contributed by atoms with E-state index in [-0.39, 0.29) is 69.7 Å². The summed E-state index contributed by atoms with van der Waals surface area (Å²) < 4.78 is 62.5. The molecule has 354 valence electrons. The Labute approximate surface area is 390 Å². The number of nitrogens with zero attached hydrogens (tertiary/aromatic N) is 9. The van der Waals surface area contributed by atoms with Crippen LogP contribution in [0.3, 0.4) is 0 Å². The molecule has 0 radical (unpaired) electrons. The van der Waals surface area contributed by atoms with Crippen LogP contribution in [0.15, 0.2) is 42.6 Å². The fraction of sp³-hybridized carbons (Fsp3) is 0.480. The molecule has 12 rings (SSSR count). The molecule has 6 aliphatic rings. The summed E-state index contributed by atoms with van der Waals surface area (Å²) in [7, 11) is 1.77. The second-order valence-electron chi connectivity index (χ2n) is 20.2. The van der Waals surface area contributed by atoms with E-state index in [1.54, 1.807) is 30.1 Å². The second-order valence-corrected chi connectivity index (χ2v) is 20.2. The number of hydrogen-bond donors (Lipinski definition) is 2. The van der Waals surface area contributed by atoms with E-state index in [1.165, 1.54) is 23.1 Å². The van der Waals surface area contributed by atoms with E-state index in [4.69, 9.17) is 19.4 Å². The largest absolute Gasteiger partial charge is 0.508 e. The van der Waals surface area contributed by atoms with E-state index in [0.29, 0.717) is 82.7 Å². The number of phenolic OH excluding ortho intramolecular Hbond substituents is 1. The average molecular weight is 931 g/mol. The quantitative estimate of drug-likeness (QED) is 0.141. The number of carbonyl (C=O) groups excluding carboxylic acids is 2. The van der Waals surface area contributed by atoms with E-state index >= 15 is 13.2 Å². The number of aryl methyl sites for hydroxylation is 2. The summed E-state index contributed by atoms with van der Waals surface area (Å²) >= 11 is 0. The number of fused-ring (bicyclic) bond motifs is 3. The van der Waals surface area contributed by atoms with Crippen molar-refractivity contribution >= 4 is 61.8 Å². The van der Waals surface area contributed by atoms with Crippen molar-refractivity contribution in [2.45, 2.75) is 70.3 Å². The van der Waals surface area contributed by atoms with Crippen LogP contribution in [0.2, 0.25) is 0 Å². The number of benzene rings is 3. The van der Waals surface area contributed by atoms with Crippen LogP contribution in [0.25, 0.3) is 43.8 Å². The maximum Gasteiger partial charge on any atom is 0.329 e. The number of rotatable bonds is 10. The van der Waals surface area contributed by atoms with Crippen molar-refractivity contribution in [3.63, 3.8) is 0 Å². The van der Waals surface area contributed by atoms with E-state index in [9.17, 15) is 14.7 Å². The van der Waals surface area contributed by atoms with Crippen LogP contribution >= 0.6 is 0 Å². The highest BCUT2D eigenvalue weighted by molar-refractivity contribution is 6.09. The topological polar surface area (TPSA) is 154 Å². The molecule has 18 heteroatoms. The summed E-state index contributed by atoms with van der Waals surface area (Å²) in [4.78, 5) is 46.8. The summed E-state index contributed by atoms with van der Waals surface area (Å²) in [6.45, 7) is 8.58. The lowest BCUT2D eigenvalue weighted by molar-refractivity contribution is -0.151. The molecule has 3 aromatic carbocycles. The molecule has 3 amide bonds. The number of likely N-dealkylation sites (tertiary alicyclic amines) is 1. The first-order valence-electron chi connectivity index (χ1n) is 23.9. The van der Waals surface area contributed by atoms with E-state index in [2.05, 4.69) is 30.1 Å². The molecule has 1 atom stereocenters. The van der Waals surface area contributed by atoms with Crippen LogP contribution in [0, 0.1) is 28.3 Å². The molecule has 3 aromatic heterocycles. The molecule has 0 bridgehead atoms. The normalized spacial score (nSPS) is 22.3. The Morgan fingerprint density at radius 2 is 1.69 bits per heavy atom. The third-order valence-corrected chi connectivity index (χ3v) is 15.8. The van der Waals surface area contributed by atoms with Gasteiger partial charge in [0, 0.05) is 87.1 Å². The molecule has 1 aliphatic carbocycles. The standard InChI is InChI=1S/C50H53F3N10O5/c1-3-31-35(51)6-5-29-19-30(64)20-33(40(29)31)42-41(53)43-34(23-54-42)44(61-14-4-8-50(27-61)13-18-68-50)57-46(56-43)67-28-49(9-10-49)24-60-16-11-48(12-17-60)25-62(26-48)38-22-37-32(21-36(38)52)45(58-59(37)2)63-15-7-39(65)55-47(63)66/h5-6,19-23,64H,3-4,7-18,24-28H2,1-2H3,(H,55,65,66)/t50-/m0/s1. The van der Waals surface area contributed by atoms with Gasteiger partial charge in [-0.3, -0.25) is 24.7 Å². The highest BCUT2D eigenvalue weighted by Gasteiger charge is 2.50. The lowest BCUT2D eigenvalue weighted by atomic mass is 9.71. The van der Waals surface area contributed by atoms with Crippen molar-refractivity contribution in [1.29, 1.82) is 0 Å². The van der Waals surface area contributed by atoms with Crippen molar-refractivity contribution in [2.75, 3.05) is 80.3 Å². The first kappa shape index (κ1) is 43.0. The fourth-order valence-electron chi connectivity index (χ4n) is 11.6. The zero-order valence-corrected chi connectivity index (χ0v) is 38.2. The zero-order chi connectivity index (χ0) is 46.7. The van der Waals surface area contributed by atoms with Crippen LogP contribution < -0.4 is 24.8 Å². The molecule has 0 unspecified atom stereocenters. The molecule has 68 heavy (non-hydrogen) atoms. The Hall–Kier alpha value is -6.27. The molecule has 2 spiro atoms. The lowest BCUT2D eigenvalue weighted by Crippen LogP contribution is -2.61. The van der Waals surface area contributed by atoms with Gasteiger partial charge < -0.3 is 29.3 Å². The van der Waals surface area contributed by atoms with Crippen molar-refractivity contribution in [2.24, 2.45) is 17.9 Å². The maximum atomic E-state index is 17.2. The Bertz CT molecular complexity index is 3070. The zero-order valence-electron chi connectivity index (χ0n) is 38.2. The molecule has 6 aromatic rings. The van der Waals surface area contributed by atoms with Crippen LogP contribution in [-0.2, 0) is 23.0 Å². The molecule has 6 fully saturated rings. The summed E-state index contributed by atoms with van der Waals surface area (Å²) in [6.07, 6.45) is 8.81. The van der Waals surface area contributed by atoms with Gasteiger partial charge in [-0.25, -0.2) is 18.0 Å². The fourth-order valence-corrected chi connectivity index (χ4v) is 11.6. The monoisotopic (exact) mass is 930 g/mol. The SMILES string of the molecule is CCc1c(F)ccc2cc(O)cc(-c3ncc4c(N5CCC[C@]6(CCO6)C5)nc(OCC5(CN6CCC7(CC6)CN(c6cc8c(cc6F)c(N6CCC(=O)NC6=O)nn8C)C7)CC5)nc4c3F)c12. The van der Waals surface area contributed by atoms with Crippen LogP contribution in [0.4, 0.5) is 35.3 Å². The summed E-state index contributed by atoms with van der Waals surface area (Å²) in [5, 5.41) is 19.6. The summed E-state index contributed by atoms with van der Waals surface area (Å²) in [5.74, 6) is -1.03. The Balaban J connectivity index is 0.755. The predicted octanol–water partition coefficient (Wildman–Crippen LogP) is 7.38. The minimum atomic E-state index is -0.698. The van der Waals surface area contributed by atoms with Gasteiger partial charge in [0.1, 0.15) is 34.4 Å². The molecule has 1 saturated carbocycles. The van der Waals surface area contributed by atoms with Gasteiger partial charge in [-0.15, -0.1) is 0 Å².